The molecule has 0 saturated heterocycles. The largest absolute Gasteiger partial charge is 0.445 e. The number of primary amides is 1. The number of para-hydroxylation sites is 1. The fraction of sp³-hybridized carbons (Fsp3) is 0.484. The maximum Gasteiger partial charge on any atom is 0.410 e. The number of halogens is 2. The van der Waals surface area contributed by atoms with Crippen LogP contribution in [-0.4, -0.2) is 40.1 Å². The zero-order chi connectivity index (χ0) is 27.3. The Bertz CT molecular complexity index is 1380. The van der Waals surface area contributed by atoms with Crippen LogP contribution >= 0.6 is 23.2 Å². The third-order valence-corrected chi connectivity index (χ3v) is 10.1. The summed E-state index contributed by atoms with van der Waals surface area (Å²) in [6, 6.07) is 13.2. The van der Waals surface area contributed by atoms with Gasteiger partial charge in [-0.05, 0) is 98.4 Å². The summed E-state index contributed by atoms with van der Waals surface area (Å²) in [6.45, 7) is 1.98. The van der Waals surface area contributed by atoms with Crippen LogP contribution in [0.1, 0.15) is 50.2 Å². The number of fused-ring (bicyclic) bond motifs is 1. The average molecular weight is 569 g/mol. The Kier molecular flexibility index (Phi) is 7.05. The van der Waals surface area contributed by atoms with Crippen molar-refractivity contribution in [2.75, 3.05) is 6.54 Å². The molecule has 1 heterocycles. The molecular formula is C31H35Cl2N3O3. The number of rotatable bonds is 8. The molecule has 7 rings (SSSR count). The SMILES string of the molecule is CC(Cc1c[nH]c2ccccc12)(C(N)=O)N(CCc1ccc(Cl)cc1Cl)C(=O)OC1C2CC3CC(C2)CC1C3. The first-order valence-corrected chi connectivity index (χ1v) is 14.7. The standard InChI is InChI=1S/C31H35Cl2N3O3/c1-31(29(34)37,16-23-17-35-27-5-3-2-4-25(23)27)36(9-8-20-6-7-24(32)15-26(20)33)30(38)39-28-21-11-18-10-19(13-21)14-22(28)12-18/h2-7,15,17-19,21-22,28,35H,8-14,16H2,1H3,(H2,34,37). The second-order valence-electron chi connectivity index (χ2n) is 12.1. The lowest BCUT2D eigenvalue weighted by molar-refractivity contribution is -0.132. The number of H-pyrrole nitrogens is 1. The lowest BCUT2D eigenvalue weighted by Gasteiger charge is -2.54. The number of aromatic amines is 1. The van der Waals surface area contributed by atoms with E-state index in [4.69, 9.17) is 33.7 Å². The molecule has 2 amide bonds. The smallest absolute Gasteiger partial charge is 0.410 e. The van der Waals surface area contributed by atoms with Gasteiger partial charge < -0.3 is 15.5 Å². The van der Waals surface area contributed by atoms with E-state index in [2.05, 4.69) is 4.98 Å². The molecule has 4 fully saturated rings. The van der Waals surface area contributed by atoms with Gasteiger partial charge in [-0.2, -0.15) is 0 Å². The summed E-state index contributed by atoms with van der Waals surface area (Å²) in [5.41, 5.74) is 7.51. The summed E-state index contributed by atoms with van der Waals surface area (Å²) >= 11 is 12.6. The Morgan fingerprint density at radius 2 is 1.72 bits per heavy atom. The second-order valence-corrected chi connectivity index (χ2v) is 12.9. The monoisotopic (exact) mass is 567 g/mol. The fourth-order valence-corrected chi connectivity index (χ4v) is 8.21. The Morgan fingerprint density at radius 3 is 2.38 bits per heavy atom. The van der Waals surface area contributed by atoms with Gasteiger partial charge in [0.2, 0.25) is 5.91 Å². The van der Waals surface area contributed by atoms with E-state index in [9.17, 15) is 9.59 Å². The second kappa shape index (κ2) is 10.4. The van der Waals surface area contributed by atoms with E-state index in [-0.39, 0.29) is 19.1 Å². The highest BCUT2D eigenvalue weighted by Gasteiger charge is 2.51. The van der Waals surface area contributed by atoms with E-state index >= 15 is 0 Å². The first kappa shape index (κ1) is 26.5. The van der Waals surface area contributed by atoms with E-state index in [1.807, 2.05) is 36.5 Å². The van der Waals surface area contributed by atoms with Gasteiger partial charge in [-0.3, -0.25) is 9.69 Å². The number of carbonyl (C=O) groups excluding carboxylic acids is 2. The number of carbonyl (C=O) groups is 2. The van der Waals surface area contributed by atoms with E-state index in [1.54, 1.807) is 24.0 Å². The number of benzene rings is 2. The van der Waals surface area contributed by atoms with Crippen LogP contribution in [0.5, 0.6) is 0 Å². The van der Waals surface area contributed by atoms with Crippen molar-refractivity contribution in [3.63, 3.8) is 0 Å². The zero-order valence-corrected chi connectivity index (χ0v) is 23.7. The molecule has 39 heavy (non-hydrogen) atoms. The average Bonchev–Trinajstić information content (AvgIpc) is 3.29. The Hall–Kier alpha value is -2.70. The summed E-state index contributed by atoms with van der Waals surface area (Å²) in [4.78, 5) is 32.1. The van der Waals surface area contributed by atoms with Gasteiger partial charge in [-0.15, -0.1) is 0 Å². The van der Waals surface area contributed by atoms with Crippen molar-refractivity contribution >= 4 is 46.1 Å². The van der Waals surface area contributed by atoms with Gasteiger partial charge in [0.15, 0.2) is 0 Å². The van der Waals surface area contributed by atoms with Crippen molar-refractivity contribution in [2.24, 2.45) is 29.4 Å². The Balaban J connectivity index is 1.30. The molecule has 1 atom stereocenters. The summed E-state index contributed by atoms with van der Waals surface area (Å²) < 4.78 is 6.35. The lowest BCUT2D eigenvalue weighted by Crippen LogP contribution is -2.61. The number of hydrogen-bond donors (Lipinski definition) is 2. The molecule has 6 nitrogen and oxygen atoms in total. The molecule has 4 bridgehead atoms. The Labute approximate surface area is 239 Å². The minimum atomic E-state index is -1.31. The summed E-state index contributed by atoms with van der Waals surface area (Å²) in [6.07, 6.45) is 7.87. The number of amides is 2. The number of ether oxygens (including phenoxy) is 1. The fourth-order valence-electron chi connectivity index (χ4n) is 7.71. The molecule has 4 aliphatic rings. The molecule has 0 aliphatic heterocycles. The molecule has 8 heteroatoms. The lowest BCUT2D eigenvalue weighted by atomic mass is 9.55. The highest BCUT2D eigenvalue weighted by atomic mass is 35.5. The van der Waals surface area contributed by atoms with Crippen LogP contribution in [0.3, 0.4) is 0 Å². The molecule has 3 N–H and O–H groups in total. The van der Waals surface area contributed by atoms with E-state index in [0.29, 0.717) is 28.3 Å². The minimum absolute atomic E-state index is 0.0999. The predicted molar refractivity (Wildman–Crippen MR) is 154 cm³/mol. The Morgan fingerprint density at radius 1 is 1.03 bits per heavy atom. The molecular weight excluding hydrogens is 533 g/mol. The molecule has 3 aromatic rings. The van der Waals surface area contributed by atoms with Crippen LogP contribution in [0.4, 0.5) is 4.79 Å². The van der Waals surface area contributed by atoms with Crippen LogP contribution in [0.2, 0.25) is 10.0 Å². The van der Waals surface area contributed by atoms with Gasteiger partial charge in [-0.25, -0.2) is 4.79 Å². The summed E-state index contributed by atoms with van der Waals surface area (Å²) in [5, 5.41) is 2.07. The molecule has 1 unspecified atom stereocenters. The number of nitrogens with zero attached hydrogens (tertiary/aromatic N) is 1. The highest BCUT2D eigenvalue weighted by Crippen LogP contribution is 2.54. The molecule has 4 saturated carbocycles. The van der Waals surface area contributed by atoms with Crippen molar-refractivity contribution in [3.05, 3.63) is 69.8 Å². The first-order valence-electron chi connectivity index (χ1n) is 14.0. The van der Waals surface area contributed by atoms with Gasteiger partial charge in [0.25, 0.3) is 0 Å². The maximum atomic E-state index is 14.1. The minimum Gasteiger partial charge on any atom is -0.445 e. The maximum absolute atomic E-state index is 14.1. The molecule has 206 valence electrons. The summed E-state index contributed by atoms with van der Waals surface area (Å²) in [5.74, 6) is 1.78. The van der Waals surface area contributed by atoms with Crippen LogP contribution in [0.15, 0.2) is 48.7 Å². The number of nitrogens with two attached hydrogens (primary N) is 1. The number of hydrogen-bond acceptors (Lipinski definition) is 3. The molecule has 1 aromatic heterocycles. The molecule has 0 radical (unpaired) electrons. The normalized spacial score (nSPS) is 26.9. The predicted octanol–water partition coefficient (Wildman–Crippen LogP) is 6.77. The van der Waals surface area contributed by atoms with Crippen LogP contribution in [0, 0.1) is 23.7 Å². The van der Waals surface area contributed by atoms with Gasteiger partial charge in [0, 0.05) is 40.1 Å². The topological polar surface area (TPSA) is 88.4 Å². The number of aromatic nitrogens is 1. The highest BCUT2D eigenvalue weighted by molar-refractivity contribution is 6.35. The quantitative estimate of drug-likeness (QED) is 0.315. The van der Waals surface area contributed by atoms with Crippen molar-refractivity contribution in [3.8, 4) is 0 Å². The third kappa shape index (κ3) is 5.02. The van der Waals surface area contributed by atoms with E-state index < -0.39 is 17.5 Å². The van der Waals surface area contributed by atoms with Crippen molar-refractivity contribution < 1.29 is 14.3 Å². The first-order chi connectivity index (χ1) is 18.7. The third-order valence-electron chi connectivity index (χ3n) is 9.55. The van der Waals surface area contributed by atoms with Crippen molar-refractivity contribution in [1.82, 2.24) is 9.88 Å². The molecule has 0 spiro atoms. The van der Waals surface area contributed by atoms with Crippen LogP contribution in [0.25, 0.3) is 10.9 Å². The van der Waals surface area contributed by atoms with Crippen LogP contribution < -0.4 is 5.73 Å². The van der Waals surface area contributed by atoms with Crippen molar-refractivity contribution in [2.45, 2.75) is 63.5 Å². The van der Waals surface area contributed by atoms with Gasteiger partial charge in [0.05, 0.1) is 0 Å². The van der Waals surface area contributed by atoms with Gasteiger partial charge in [-0.1, -0.05) is 47.5 Å². The molecule has 4 aliphatic carbocycles. The zero-order valence-electron chi connectivity index (χ0n) is 22.2. The van der Waals surface area contributed by atoms with Crippen LogP contribution in [-0.2, 0) is 22.4 Å². The number of nitrogens with one attached hydrogen (secondary N) is 1. The van der Waals surface area contributed by atoms with Crippen molar-refractivity contribution in [1.29, 1.82) is 0 Å². The van der Waals surface area contributed by atoms with Gasteiger partial charge in [0.1, 0.15) is 11.6 Å². The molecule has 2 aromatic carbocycles. The van der Waals surface area contributed by atoms with E-state index in [1.165, 1.54) is 6.42 Å². The van der Waals surface area contributed by atoms with Gasteiger partial charge >= 0.3 is 6.09 Å². The van der Waals surface area contributed by atoms with E-state index in [0.717, 1.165) is 59.5 Å². The summed E-state index contributed by atoms with van der Waals surface area (Å²) in [7, 11) is 0.